The highest BCUT2D eigenvalue weighted by Crippen LogP contribution is 2.38. The fraction of sp³-hybridized carbons (Fsp3) is 0.500. The first-order valence-electron chi connectivity index (χ1n) is 3.98. The Labute approximate surface area is 84.9 Å². The van der Waals surface area contributed by atoms with Gasteiger partial charge in [0.05, 0.1) is 9.26 Å². The number of nitrogen functional groups attached to an aromatic ring is 1. The second-order valence-electron chi connectivity index (χ2n) is 3.14. The van der Waals surface area contributed by atoms with Gasteiger partial charge >= 0.3 is 0 Å². The molecule has 1 aromatic rings. The van der Waals surface area contributed by atoms with Gasteiger partial charge in [0.2, 0.25) is 0 Å². The maximum absolute atomic E-state index is 5.73. The van der Waals surface area contributed by atoms with Crippen molar-refractivity contribution in [2.45, 2.75) is 25.7 Å². The van der Waals surface area contributed by atoms with Crippen LogP contribution >= 0.6 is 22.6 Å². The lowest BCUT2D eigenvalue weighted by Gasteiger charge is -2.03. The Balaban J connectivity index is 2.45. The molecule has 1 aliphatic rings. The molecule has 0 amide bonds. The fourth-order valence-electron chi connectivity index (χ4n) is 1.13. The van der Waals surface area contributed by atoms with Crippen LogP contribution in [0.3, 0.4) is 0 Å². The predicted molar refractivity (Wildman–Crippen MR) is 55.9 cm³/mol. The number of halogens is 1. The van der Waals surface area contributed by atoms with Crippen molar-refractivity contribution in [3.63, 3.8) is 0 Å². The minimum atomic E-state index is 0.586. The summed E-state index contributed by atoms with van der Waals surface area (Å²) >= 11 is 2.18. The van der Waals surface area contributed by atoms with Gasteiger partial charge in [0.1, 0.15) is 11.6 Å². The molecule has 0 aliphatic heterocycles. The zero-order valence-electron chi connectivity index (χ0n) is 6.84. The molecule has 2 rings (SSSR count). The summed E-state index contributed by atoms with van der Waals surface area (Å²) < 4.78 is 0.983. The van der Waals surface area contributed by atoms with Gasteiger partial charge in [-0.05, 0) is 42.4 Å². The van der Waals surface area contributed by atoms with Crippen molar-refractivity contribution in [1.82, 2.24) is 9.97 Å². The van der Waals surface area contributed by atoms with Crippen LogP contribution in [-0.4, -0.2) is 9.97 Å². The molecule has 3 nitrogen and oxygen atoms in total. The Morgan fingerprint density at radius 3 is 2.58 bits per heavy atom. The minimum Gasteiger partial charge on any atom is -0.383 e. The van der Waals surface area contributed by atoms with Crippen LogP contribution in [0.4, 0.5) is 5.82 Å². The van der Waals surface area contributed by atoms with E-state index in [1.165, 1.54) is 12.8 Å². The van der Waals surface area contributed by atoms with E-state index >= 15 is 0 Å². The average Bonchev–Trinajstić information content (AvgIpc) is 2.81. The predicted octanol–water partition coefficient (Wildman–Crippen LogP) is 1.85. The number of nitrogens with two attached hydrogens (primary N) is 1. The fourth-order valence-corrected chi connectivity index (χ4v) is 1.37. The number of hydrogen-bond acceptors (Lipinski definition) is 3. The summed E-state index contributed by atoms with van der Waals surface area (Å²) in [5.74, 6) is 2.15. The molecule has 4 heteroatoms. The lowest BCUT2D eigenvalue weighted by atomic mass is 10.3. The normalized spacial score (nSPS) is 16.5. The molecule has 1 saturated carbocycles. The van der Waals surface area contributed by atoms with E-state index in [1.807, 2.05) is 6.92 Å². The average molecular weight is 275 g/mol. The number of aromatic nitrogens is 2. The summed E-state index contributed by atoms with van der Waals surface area (Å²) in [6, 6.07) is 0. The van der Waals surface area contributed by atoms with Gasteiger partial charge in [-0.2, -0.15) is 0 Å². The topological polar surface area (TPSA) is 51.8 Å². The second-order valence-corrected chi connectivity index (χ2v) is 4.22. The molecule has 1 heterocycles. The van der Waals surface area contributed by atoms with E-state index in [0.717, 1.165) is 15.1 Å². The van der Waals surface area contributed by atoms with Crippen molar-refractivity contribution in [3.8, 4) is 0 Å². The number of hydrogen-bond donors (Lipinski definition) is 1. The van der Waals surface area contributed by atoms with E-state index in [1.54, 1.807) is 0 Å². The smallest absolute Gasteiger partial charge is 0.140 e. The minimum absolute atomic E-state index is 0.586. The van der Waals surface area contributed by atoms with Gasteiger partial charge in [-0.15, -0.1) is 0 Å². The van der Waals surface area contributed by atoms with Gasteiger partial charge in [0.25, 0.3) is 0 Å². The second kappa shape index (κ2) is 2.83. The largest absolute Gasteiger partial charge is 0.383 e. The van der Waals surface area contributed by atoms with Crippen LogP contribution in [0.25, 0.3) is 0 Å². The summed E-state index contributed by atoms with van der Waals surface area (Å²) in [5, 5.41) is 0. The number of anilines is 1. The van der Waals surface area contributed by atoms with Gasteiger partial charge in [-0.25, -0.2) is 9.97 Å². The molecule has 2 N–H and O–H groups in total. The van der Waals surface area contributed by atoms with Gasteiger partial charge < -0.3 is 5.73 Å². The van der Waals surface area contributed by atoms with Gasteiger partial charge in [-0.1, -0.05) is 0 Å². The molecule has 12 heavy (non-hydrogen) atoms. The van der Waals surface area contributed by atoms with Crippen LogP contribution in [0.1, 0.15) is 30.3 Å². The van der Waals surface area contributed by atoms with Crippen molar-refractivity contribution in [3.05, 3.63) is 15.1 Å². The highest BCUT2D eigenvalue weighted by molar-refractivity contribution is 14.1. The molecule has 0 bridgehead atoms. The van der Waals surface area contributed by atoms with Gasteiger partial charge in [0, 0.05) is 5.92 Å². The van der Waals surface area contributed by atoms with E-state index in [0.29, 0.717) is 11.7 Å². The molecule has 1 aromatic heterocycles. The van der Waals surface area contributed by atoms with Crippen LogP contribution in [0.2, 0.25) is 0 Å². The summed E-state index contributed by atoms with van der Waals surface area (Å²) in [6.07, 6.45) is 2.44. The molecule has 64 valence electrons. The van der Waals surface area contributed by atoms with E-state index in [4.69, 9.17) is 5.73 Å². The highest BCUT2D eigenvalue weighted by atomic mass is 127. The Bertz CT molecular complexity index is 297. The molecule has 0 atom stereocenters. The van der Waals surface area contributed by atoms with Crippen LogP contribution in [0.5, 0.6) is 0 Å². The summed E-state index contributed by atoms with van der Waals surface area (Å²) in [5.41, 5.74) is 6.73. The Hall–Kier alpha value is -0.390. The van der Waals surface area contributed by atoms with E-state index in [2.05, 4.69) is 32.6 Å². The summed E-state index contributed by atoms with van der Waals surface area (Å²) in [4.78, 5) is 8.65. The molecule has 0 spiro atoms. The Morgan fingerprint density at radius 1 is 1.42 bits per heavy atom. The molecule has 0 saturated heterocycles. The zero-order valence-corrected chi connectivity index (χ0v) is 9.00. The first kappa shape index (κ1) is 8.22. The molecule has 0 aromatic carbocycles. The standard InChI is InChI=1S/C8H10IN3/c1-4-6(9)7(10)12-8(11-4)5-2-3-5/h5H,2-3H2,1H3,(H2,10,11,12). The zero-order chi connectivity index (χ0) is 8.72. The lowest BCUT2D eigenvalue weighted by molar-refractivity contribution is 0.905. The molecular formula is C8H10IN3. The molecule has 0 unspecified atom stereocenters. The lowest BCUT2D eigenvalue weighted by Crippen LogP contribution is -2.03. The third-order valence-electron chi connectivity index (χ3n) is 2.00. The van der Waals surface area contributed by atoms with Crippen molar-refractivity contribution in [2.24, 2.45) is 0 Å². The monoisotopic (exact) mass is 275 g/mol. The SMILES string of the molecule is Cc1nc(C2CC2)nc(N)c1I. The summed E-state index contributed by atoms with van der Waals surface area (Å²) in [6.45, 7) is 1.98. The molecule has 0 radical (unpaired) electrons. The molecule has 1 fully saturated rings. The van der Waals surface area contributed by atoms with Gasteiger partial charge in [0.15, 0.2) is 0 Å². The number of rotatable bonds is 1. The maximum Gasteiger partial charge on any atom is 0.140 e. The highest BCUT2D eigenvalue weighted by Gasteiger charge is 2.27. The quantitative estimate of drug-likeness (QED) is 0.796. The summed E-state index contributed by atoms with van der Waals surface area (Å²) in [7, 11) is 0. The molecular weight excluding hydrogens is 265 g/mol. The number of aryl methyl sites for hydroxylation is 1. The van der Waals surface area contributed by atoms with E-state index < -0.39 is 0 Å². The van der Waals surface area contributed by atoms with Crippen molar-refractivity contribution >= 4 is 28.4 Å². The van der Waals surface area contributed by atoms with Crippen molar-refractivity contribution < 1.29 is 0 Å². The van der Waals surface area contributed by atoms with E-state index in [9.17, 15) is 0 Å². The molecule has 1 aliphatic carbocycles. The van der Waals surface area contributed by atoms with Crippen molar-refractivity contribution in [1.29, 1.82) is 0 Å². The maximum atomic E-state index is 5.73. The van der Waals surface area contributed by atoms with E-state index in [-0.39, 0.29) is 0 Å². The Kier molecular flexibility index (Phi) is 1.94. The van der Waals surface area contributed by atoms with Crippen LogP contribution < -0.4 is 5.73 Å². The van der Waals surface area contributed by atoms with Crippen LogP contribution in [0, 0.1) is 10.5 Å². The van der Waals surface area contributed by atoms with Crippen LogP contribution in [0.15, 0.2) is 0 Å². The first-order chi connectivity index (χ1) is 5.68. The third-order valence-corrected chi connectivity index (χ3v) is 3.34. The van der Waals surface area contributed by atoms with Crippen molar-refractivity contribution in [2.75, 3.05) is 5.73 Å². The van der Waals surface area contributed by atoms with Crippen LogP contribution in [-0.2, 0) is 0 Å². The third kappa shape index (κ3) is 1.39. The number of nitrogens with zero attached hydrogens (tertiary/aromatic N) is 2. The Morgan fingerprint density at radius 2 is 2.08 bits per heavy atom. The first-order valence-corrected chi connectivity index (χ1v) is 5.06. The van der Waals surface area contributed by atoms with Gasteiger partial charge in [-0.3, -0.25) is 0 Å².